The van der Waals surface area contributed by atoms with Gasteiger partial charge in [0.25, 0.3) is 0 Å². The Bertz CT molecular complexity index is 661. The lowest BCUT2D eigenvalue weighted by Gasteiger charge is -2.28. The Morgan fingerprint density at radius 2 is 2.00 bits per heavy atom. The molecule has 6 heteroatoms. The molecule has 1 aliphatic heterocycles. The normalized spacial score (nSPS) is 13.1. The molecule has 0 aliphatic carbocycles. The maximum atomic E-state index is 8.66. The number of nitrogens with one attached hydrogen (secondary N) is 2. The molecule has 0 saturated heterocycles. The molecule has 1 aromatic rings. The van der Waals surface area contributed by atoms with Gasteiger partial charge in [0.2, 0.25) is 0 Å². The van der Waals surface area contributed by atoms with Crippen LogP contribution in [0.1, 0.15) is 25.7 Å². The van der Waals surface area contributed by atoms with E-state index in [0.29, 0.717) is 11.6 Å². The Kier molecular flexibility index (Phi) is 7.87. The van der Waals surface area contributed by atoms with Gasteiger partial charge < -0.3 is 9.64 Å². The number of benzene rings is 1. The molecule has 2 N–H and O–H groups in total. The van der Waals surface area contributed by atoms with E-state index in [-0.39, 0.29) is 5.84 Å². The molecular weight excluding hydrogens is 336 g/mol. The number of amidine groups is 1. The summed E-state index contributed by atoms with van der Waals surface area (Å²) < 4.78 is 5.68. The van der Waals surface area contributed by atoms with Crippen molar-refractivity contribution in [2.24, 2.45) is 0 Å². The molecule has 2 rings (SSSR count). The van der Waals surface area contributed by atoms with E-state index in [1.165, 1.54) is 0 Å². The topological polar surface area (TPSA) is 72.1 Å². The number of halogens is 1. The molecule has 1 heterocycles. The van der Waals surface area contributed by atoms with E-state index in [2.05, 4.69) is 16.3 Å². The smallest absolute Gasteiger partial charge is 0.182 e. The molecule has 25 heavy (non-hydrogen) atoms. The number of unbranched alkanes of at least 4 members (excludes halogenated alkanes) is 3. The van der Waals surface area contributed by atoms with Crippen molar-refractivity contribution in [3.8, 4) is 11.9 Å². The van der Waals surface area contributed by atoms with Crippen LogP contribution < -0.4 is 10.1 Å². The van der Waals surface area contributed by atoms with Gasteiger partial charge in [0.1, 0.15) is 5.75 Å². The first-order valence-electron chi connectivity index (χ1n) is 8.45. The van der Waals surface area contributed by atoms with Gasteiger partial charge in [0.05, 0.1) is 12.3 Å². The molecule has 0 bridgehead atoms. The van der Waals surface area contributed by atoms with Crippen molar-refractivity contribution in [2.45, 2.75) is 25.7 Å². The summed E-state index contributed by atoms with van der Waals surface area (Å²) >= 11 is 5.84. The Morgan fingerprint density at radius 3 is 2.76 bits per heavy atom. The molecule has 0 spiro atoms. The first-order chi connectivity index (χ1) is 12.2. The molecule has 132 valence electrons. The minimum Gasteiger partial charge on any atom is -0.494 e. The third kappa shape index (κ3) is 6.52. The van der Waals surface area contributed by atoms with E-state index >= 15 is 0 Å². The summed E-state index contributed by atoms with van der Waals surface area (Å²) in [6.07, 6.45) is 11.9. The van der Waals surface area contributed by atoms with Crippen molar-refractivity contribution in [3.05, 3.63) is 53.2 Å². The Morgan fingerprint density at radius 1 is 1.24 bits per heavy atom. The minimum absolute atomic E-state index is 0.156. The molecule has 0 amide bonds. The van der Waals surface area contributed by atoms with Crippen LogP contribution in [0, 0.1) is 16.9 Å². The van der Waals surface area contributed by atoms with Crippen LogP contribution in [0.4, 0.5) is 0 Å². The Balaban J connectivity index is 1.60. The Labute approximate surface area is 154 Å². The van der Waals surface area contributed by atoms with Crippen LogP contribution in [-0.2, 0) is 0 Å². The molecule has 0 saturated carbocycles. The maximum absolute atomic E-state index is 8.66. The molecule has 0 fully saturated rings. The molecule has 0 unspecified atom stereocenters. The first kappa shape index (κ1) is 18.9. The van der Waals surface area contributed by atoms with Gasteiger partial charge >= 0.3 is 0 Å². The number of nitriles is 1. The second-order valence-corrected chi connectivity index (χ2v) is 6.19. The zero-order valence-electron chi connectivity index (χ0n) is 14.2. The van der Waals surface area contributed by atoms with Crippen LogP contribution in [0.5, 0.6) is 5.75 Å². The van der Waals surface area contributed by atoms with E-state index in [1.54, 1.807) is 6.19 Å². The summed E-state index contributed by atoms with van der Waals surface area (Å²) in [6, 6.07) is 7.41. The minimum atomic E-state index is 0.156. The lowest BCUT2D eigenvalue weighted by Crippen LogP contribution is -2.34. The summed E-state index contributed by atoms with van der Waals surface area (Å²) in [7, 11) is 0. The van der Waals surface area contributed by atoms with Crippen molar-refractivity contribution in [1.29, 1.82) is 10.7 Å². The summed E-state index contributed by atoms with van der Waals surface area (Å²) in [5.74, 6) is 1.01. The summed E-state index contributed by atoms with van der Waals surface area (Å²) in [5, 5.41) is 19.7. The van der Waals surface area contributed by atoms with Crippen molar-refractivity contribution in [1.82, 2.24) is 10.2 Å². The fourth-order valence-corrected chi connectivity index (χ4v) is 2.73. The van der Waals surface area contributed by atoms with Gasteiger partial charge in [-0.1, -0.05) is 36.6 Å². The number of allylic oxidation sites excluding steroid dienone is 2. The molecular formula is C19H23ClN4O. The van der Waals surface area contributed by atoms with E-state index < -0.39 is 0 Å². The standard InChI is InChI=1S/C19H23ClN4O/c20-16-8-10-17(11-9-16)25-14-6-2-1-4-12-24-13-5-3-7-18(24)19(22)23-15-21/h3,5,7-11H,1-2,4,6,12-14H2,(H2,22,23). The van der Waals surface area contributed by atoms with E-state index in [0.717, 1.165) is 50.2 Å². The predicted octanol–water partition coefficient (Wildman–Crippen LogP) is 4.08. The predicted molar refractivity (Wildman–Crippen MR) is 101 cm³/mol. The van der Waals surface area contributed by atoms with Crippen LogP contribution in [-0.4, -0.2) is 30.4 Å². The monoisotopic (exact) mass is 358 g/mol. The third-order valence-corrected chi connectivity index (χ3v) is 4.15. The second kappa shape index (κ2) is 10.4. The number of rotatable bonds is 9. The number of nitrogens with zero attached hydrogens (tertiary/aromatic N) is 2. The van der Waals surface area contributed by atoms with Crippen molar-refractivity contribution < 1.29 is 4.74 Å². The van der Waals surface area contributed by atoms with Gasteiger partial charge in [0, 0.05) is 18.1 Å². The zero-order chi connectivity index (χ0) is 17.9. The molecule has 0 atom stereocenters. The summed E-state index contributed by atoms with van der Waals surface area (Å²) in [6.45, 7) is 2.36. The van der Waals surface area contributed by atoms with Gasteiger partial charge in [-0.15, -0.1) is 0 Å². The van der Waals surface area contributed by atoms with Crippen LogP contribution in [0.3, 0.4) is 0 Å². The van der Waals surface area contributed by atoms with Gasteiger partial charge in [-0.2, -0.15) is 5.26 Å². The first-order valence-corrected chi connectivity index (χ1v) is 8.82. The average Bonchev–Trinajstić information content (AvgIpc) is 2.63. The van der Waals surface area contributed by atoms with Crippen molar-refractivity contribution in [2.75, 3.05) is 19.7 Å². The average molecular weight is 359 g/mol. The highest BCUT2D eigenvalue weighted by Crippen LogP contribution is 2.16. The van der Waals surface area contributed by atoms with Gasteiger partial charge in [-0.05, 0) is 43.2 Å². The number of hydrogen-bond acceptors (Lipinski definition) is 4. The third-order valence-electron chi connectivity index (χ3n) is 3.90. The highest BCUT2D eigenvalue weighted by Gasteiger charge is 2.14. The number of ether oxygens (including phenoxy) is 1. The van der Waals surface area contributed by atoms with E-state index in [1.807, 2.05) is 36.4 Å². The fraction of sp³-hybridized carbons (Fsp3) is 0.368. The van der Waals surface area contributed by atoms with Crippen LogP contribution >= 0.6 is 11.6 Å². The lowest BCUT2D eigenvalue weighted by atomic mass is 10.1. The molecule has 0 aromatic heterocycles. The van der Waals surface area contributed by atoms with Gasteiger partial charge in [-0.25, -0.2) is 0 Å². The largest absolute Gasteiger partial charge is 0.494 e. The maximum Gasteiger partial charge on any atom is 0.182 e. The van der Waals surface area contributed by atoms with Crippen LogP contribution in [0.15, 0.2) is 48.2 Å². The summed E-state index contributed by atoms with van der Waals surface area (Å²) in [5.41, 5.74) is 0.773. The molecule has 1 aliphatic rings. The quantitative estimate of drug-likeness (QED) is 0.229. The van der Waals surface area contributed by atoms with Gasteiger partial charge in [-0.3, -0.25) is 10.7 Å². The molecule has 5 nitrogen and oxygen atoms in total. The fourth-order valence-electron chi connectivity index (χ4n) is 2.60. The molecule has 0 radical (unpaired) electrons. The van der Waals surface area contributed by atoms with Crippen molar-refractivity contribution >= 4 is 17.4 Å². The zero-order valence-corrected chi connectivity index (χ0v) is 14.9. The highest BCUT2D eigenvalue weighted by molar-refractivity contribution is 6.30. The van der Waals surface area contributed by atoms with Crippen molar-refractivity contribution in [3.63, 3.8) is 0 Å². The van der Waals surface area contributed by atoms with Crippen LogP contribution in [0.2, 0.25) is 5.02 Å². The summed E-state index contributed by atoms with van der Waals surface area (Å²) in [4.78, 5) is 2.12. The highest BCUT2D eigenvalue weighted by atomic mass is 35.5. The Hall–Kier alpha value is -2.45. The lowest BCUT2D eigenvalue weighted by molar-refractivity contribution is 0.301. The van der Waals surface area contributed by atoms with E-state index in [9.17, 15) is 0 Å². The van der Waals surface area contributed by atoms with Gasteiger partial charge in [0.15, 0.2) is 12.0 Å². The van der Waals surface area contributed by atoms with Crippen LogP contribution in [0.25, 0.3) is 0 Å². The SMILES string of the molecule is N#CNC(=N)C1=CC=CCN1CCCCCCOc1ccc(Cl)cc1. The molecule has 1 aromatic carbocycles. The van der Waals surface area contributed by atoms with E-state index in [4.69, 9.17) is 27.0 Å². The number of hydrogen-bond donors (Lipinski definition) is 2. The second-order valence-electron chi connectivity index (χ2n) is 5.75.